The number of anilines is 2. The van der Waals surface area contributed by atoms with Gasteiger partial charge in [0.25, 0.3) is 5.91 Å². The van der Waals surface area contributed by atoms with Gasteiger partial charge in [0.15, 0.2) is 0 Å². The molecule has 2 N–H and O–H groups in total. The van der Waals surface area contributed by atoms with Crippen molar-refractivity contribution in [1.29, 1.82) is 0 Å². The molecule has 0 bridgehead atoms. The maximum Gasteiger partial charge on any atom is 0.270 e. The lowest BCUT2D eigenvalue weighted by Crippen LogP contribution is -2.27. The van der Waals surface area contributed by atoms with Crippen LogP contribution in [0.2, 0.25) is 5.02 Å². The summed E-state index contributed by atoms with van der Waals surface area (Å²) < 4.78 is 12.9. The Balaban J connectivity index is 1.66. The summed E-state index contributed by atoms with van der Waals surface area (Å²) in [6.45, 7) is 4.09. The van der Waals surface area contributed by atoms with Crippen molar-refractivity contribution in [2.24, 2.45) is 0 Å². The molecular weight excluding hydrogens is 379 g/mol. The van der Waals surface area contributed by atoms with Crippen LogP contribution in [-0.4, -0.2) is 22.4 Å². The molecule has 0 unspecified atom stereocenters. The second-order valence-electron chi connectivity index (χ2n) is 6.40. The van der Waals surface area contributed by atoms with E-state index >= 15 is 0 Å². The molecule has 28 heavy (non-hydrogen) atoms. The molecule has 0 radical (unpaired) electrons. The maximum absolute atomic E-state index is 12.9. The van der Waals surface area contributed by atoms with E-state index in [9.17, 15) is 9.18 Å². The van der Waals surface area contributed by atoms with Gasteiger partial charge in [-0.15, -0.1) is 0 Å². The Bertz CT molecular complexity index is 992. The summed E-state index contributed by atoms with van der Waals surface area (Å²) in [7, 11) is 0. The van der Waals surface area contributed by atoms with Crippen LogP contribution >= 0.6 is 11.6 Å². The minimum atomic E-state index is -0.288. The van der Waals surface area contributed by atoms with Crippen molar-refractivity contribution < 1.29 is 9.18 Å². The summed E-state index contributed by atoms with van der Waals surface area (Å²) in [4.78, 5) is 21.0. The van der Waals surface area contributed by atoms with E-state index in [1.54, 1.807) is 31.2 Å². The Morgan fingerprint density at radius 3 is 2.54 bits per heavy atom. The number of hydrogen-bond acceptors (Lipinski definition) is 4. The normalized spacial score (nSPS) is 10.6. The van der Waals surface area contributed by atoms with Crippen LogP contribution in [0, 0.1) is 19.7 Å². The lowest BCUT2D eigenvalue weighted by Gasteiger charge is -2.11. The molecule has 3 rings (SSSR count). The predicted octanol–water partition coefficient (Wildman–Crippen LogP) is 4.60. The van der Waals surface area contributed by atoms with Crippen LogP contribution in [0.3, 0.4) is 0 Å². The summed E-state index contributed by atoms with van der Waals surface area (Å²) in [5.74, 6) is 0.450. The Labute approximate surface area is 168 Å². The summed E-state index contributed by atoms with van der Waals surface area (Å²) in [6.07, 6.45) is 0.602. The quantitative estimate of drug-likeness (QED) is 0.636. The first-order valence-corrected chi connectivity index (χ1v) is 9.20. The Kier molecular flexibility index (Phi) is 6.21. The van der Waals surface area contributed by atoms with Crippen LogP contribution in [0.25, 0.3) is 0 Å². The third-order valence-corrected chi connectivity index (χ3v) is 4.37. The first-order chi connectivity index (χ1) is 13.4. The van der Waals surface area contributed by atoms with Gasteiger partial charge in [0.05, 0.1) is 0 Å². The minimum Gasteiger partial charge on any atom is -0.350 e. The second kappa shape index (κ2) is 8.80. The molecule has 3 aromatic rings. The SMILES string of the molecule is Cc1nc(Nc2ccc(Cl)cc2C)cc(C(=O)NCCc2ccc(F)cc2)n1. The van der Waals surface area contributed by atoms with Gasteiger partial charge in [-0.1, -0.05) is 23.7 Å². The fourth-order valence-electron chi connectivity index (χ4n) is 2.72. The van der Waals surface area contributed by atoms with E-state index in [4.69, 9.17) is 11.6 Å². The standard InChI is InChI=1S/C21H20ClFN4O/c1-13-11-16(22)5-8-18(13)27-20-12-19(25-14(2)26-20)21(28)24-10-9-15-3-6-17(23)7-4-15/h3-8,11-12H,9-10H2,1-2H3,(H,24,28)(H,25,26,27). The highest BCUT2D eigenvalue weighted by atomic mass is 35.5. The van der Waals surface area contributed by atoms with Crippen LogP contribution in [0.1, 0.15) is 27.4 Å². The minimum absolute atomic E-state index is 0.278. The fraction of sp³-hybridized carbons (Fsp3) is 0.190. The zero-order valence-electron chi connectivity index (χ0n) is 15.6. The molecule has 144 valence electrons. The van der Waals surface area contributed by atoms with Crippen molar-refractivity contribution >= 4 is 29.0 Å². The topological polar surface area (TPSA) is 66.9 Å². The first kappa shape index (κ1) is 19.8. The molecule has 1 aromatic heterocycles. The Morgan fingerprint density at radius 2 is 1.82 bits per heavy atom. The number of benzene rings is 2. The van der Waals surface area contributed by atoms with Gasteiger partial charge in [-0.25, -0.2) is 14.4 Å². The van der Waals surface area contributed by atoms with Crippen molar-refractivity contribution in [2.75, 3.05) is 11.9 Å². The highest BCUT2D eigenvalue weighted by Gasteiger charge is 2.11. The molecule has 0 saturated carbocycles. The molecule has 0 spiro atoms. The molecule has 0 fully saturated rings. The van der Waals surface area contributed by atoms with Crippen molar-refractivity contribution in [1.82, 2.24) is 15.3 Å². The van der Waals surface area contributed by atoms with Gasteiger partial charge < -0.3 is 10.6 Å². The van der Waals surface area contributed by atoms with E-state index in [1.165, 1.54) is 12.1 Å². The molecule has 2 aromatic carbocycles. The molecule has 5 nitrogen and oxygen atoms in total. The molecule has 0 atom stereocenters. The van der Waals surface area contributed by atoms with Gasteiger partial charge >= 0.3 is 0 Å². The molecule has 0 aliphatic heterocycles. The first-order valence-electron chi connectivity index (χ1n) is 8.82. The number of carbonyl (C=O) groups excluding carboxylic acids is 1. The third-order valence-electron chi connectivity index (χ3n) is 4.13. The third kappa shape index (κ3) is 5.27. The van der Waals surface area contributed by atoms with Crippen molar-refractivity contribution in [3.63, 3.8) is 0 Å². The Morgan fingerprint density at radius 1 is 1.07 bits per heavy atom. The van der Waals surface area contributed by atoms with E-state index in [1.807, 2.05) is 19.1 Å². The lowest BCUT2D eigenvalue weighted by atomic mass is 10.1. The van der Waals surface area contributed by atoms with Crippen LogP contribution in [0.15, 0.2) is 48.5 Å². The van der Waals surface area contributed by atoms with Crippen LogP contribution < -0.4 is 10.6 Å². The van der Waals surface area contributed by atoms with Crippen LogP contribution in [-0.2, 0) is 6.42 Å². The fourth-order valence-corrected chi connectivity index (χ4v) is 2.94. The summed E-state index contributed by atoms with van der Waals surface area (Å²) >= 11 is 5.99. The molecule has 1 heterocycles. The number of nitrogens with zero attached hydrogens (tertiary/aromatic N) is 2. The van der Waals surface area contributed by atoms with Gasteiger partial charge in [0.2, 0.25) is 0 Å². The van der Waals surface area contributed by atoms with E-state index in [-0.39, 0.29) is 17.4 Å². The Hall–Kier alpha value is -2.99. The number of aryl methyl sites for hydroxylation is 2. The van der Waals surface area contributed by atoms with Crippen molar-refractivity contribution in [3.8, 4) is 0 Å². The van der Waals surface area contributed by atoms with Crippen molar-refractivity contribution in [3.05, 3.63) is 82.0 Å². The van der Waals surface area contributed by atoms with Crippen LogP contribution in [0.5, 0.6) is 0 Å². The van der Waals surface area contributed by atoms with E-state index in [0.717, 1.165) is 16.8 Å². The van der Waals surface area contributed by atoms with Gasteiger partial charge in [0, 0.05) is 23.3 Å². The number of carbonyl (C=O) groups is 1. The average molecular weight is 399 g/mol. The van der Waals surface area contributed by atoms with Crippen LogP contribution in [0.4, 0.5) is 15.9 Å². The average Bonchev–Trinajstić information content (AvgIpc) is 2.65. The summed E-state index contributed by atoms with van der Waals surface area (Å²) in [6, 6.07) is 13.3. The predicted molar refractivity (Wildman–Crippen MR) is 109 cm³/mol. The zero-order chi connectivity index (χ0) is 20.1. The number of aromatic nitrogens is 2. The zero-order valence-corrected chi connectivity index (χ0v) is 16.3. The summed E-state index contributed by atoms with van der Waals surface area (Å²) in [5, 5.41) is 6.68. The number of hydrogen-bond donors (Lipinski definition) is 2. The largest absolute Gasteiger partial charge is 0.350 e. The number of rotatable bonds is 6. The van der Waals surface area contributed by atoms with E-state index in [2.05, 4.69) is 20.6 Å². The van der Waals surface area contributed by atoms with Gasteiger partial charge in [-0.2, -0.15) is 0 Å². The molecule has 0 saturated heterocycles. The monoisotopic (exact) mass is 398 g/mol. The molecular formula is C21H20ClFN4O. The smallest absolute Gasteiger partial charge is 0.270 e. The van der Waals surface area contributed by atoms with E-state index < -0.39 is 0 Å². The molecule has 7 heteroatoms. The van der Waals surface area contributed by atoms with Crippen molar-refractivity contribution in [2.45, 2.75) is 20.3 Å². The van der Waals surface area contributed by atoms with E-state index in [0.29, 0.717) is 29.6 Å². The number of halogens is 2. The highest BCUT2D eigenvalue weighted by Crippen LogP contribution is 2.23. The molecule has 1 amide bonds. The van der Waals surface area contributed by atoms with Gasteiger partial charge in [0.1, 0.15) is 23.2 Å². The number of amides is 1. The molecule has 0 aliphatic rings. The number of nitrogens with one attached hydrogen (secondary N) is 2. The van der Waals surface area contributed by atoms with Gasteiger partial charge in [-0.05, 0) is 61.7 Å². The molecule has 0 aliphatic carbocycles. The van der Waals surface area contributed by atoms with Gasteiger partial charge in [-0.3, -0.25) is 4.79 Å². The second-order valence-corrected chi connectivity index (χ2v) is 6.84. The highest BCUT2D eigenvalue weighted by molar-refractivity contribution is 6.30. The lowest BCUT2D eigenvalue weighted by molar-refractivity contribution is 0.0949. The summed E-state index contributed by atoms with van der Waals surface area (Å²) in [5.41, 5.74) is 3.04. The maximum atomic E-state index is 12.9.